The minimum atomic E-state index is -0.0642. The van der Waals surface area contributed by atoms with Crippen LogP contribution in [-0.2, 0) is 4.79 Å². The Bertz CT molecular complexity index is 996. The molecule has 2 aromatic heterocycles. The van der Waals surface area contributed by atoms with Crippen molar-refractivity contribution in [2.45, 2.75) is 25.8 Å². The van der Waals surface area contributed by atoms with Crippen molar-refractivity contribution in [3.05, 3.63) is 36.5 Å². The summed E-state index contributed by atoms with van der Waals surface area (Å²) in [5.74, 6) is 1.65. The second kappa shape index (κ2) is 9.36. The molecule has 0 radical (unpaired) electrons. The number of ether oxygens (including phenoxy) is 1. The number of carbonyl (C=O) groups excluding carboxylic acids is 1. The maximum absolute atomic E-state index is 12.5. The van der Waals surface area contributed by atoms with Gasteiger partial charge in [0, 0.05) is 25.3 Å². The molecule has 0 saturated carbocycles. The standard InChI is InChI=1S/C21H26N6O2S/c1-3-29-16-8-9-17-18(12-16)30-21(23-17)24-20(28)14-26(2)13-15-6-5-11-27(15)19-7-4-10-22-25-19/h4,7-10,12,15H,3,5-6,11,13-14H2,1-2H3,(H,23,24,28). The summed E-state index contributed by atoms with van der Waals surface area (Å²) in [5, 5.41) is 11.8. The highest BCUT2D eigenvalue weighted by Crippen LogP contribution is 2.29. The molecule has 30 heavy (non-hydrogen) atoms. The molecular weight excluding hydrogens is 400 g/mol. The van der Waals surface area contributed by atoms with Crippen molar-refractivity contribution in [1.29, 1.82) is 0 Å². The van der Waals surface area contributed by atoms with Gasteiger partial charge >= 0.3 is 0 Å². The zero-order valence-electron chi connectivity index (χ0n) is 17.2. The van der Waals surface area contributed by atoms with Gasteiger partial charge in [-0.2, -0.15) is 5.10 Å². The molecular formula is C21H26N6O2S. The van der Waals surface area contributed by atoms with Crippen LogP contribution in [0.3, 0.4) is 0 Å². The lowest BCUT2D eigenvalue weighted by atomic mass is 10.2. The zero-order chi connectivity index (χ0) is 20.9. The number of nitrogens with one attached hydrogen (secondary N) is 1. The number of amides is 1. The molecule has 1 aliphatic heterocycles. The lowest BCUT2D eigenvalue weighted by molar-refractivity contribution is -0.117. The Morgan fingerprint density at radius 2 is 2.30 bits per heavy atom. The Morgan fingerprint density at radius 1 is 1.40 bits per heavy atom. The third kappa shape index (κ3) is 4.85. The highest BCUT2D eigenvalue weighted by atomic mass is 32.1. The number of hydrogen-bond acceptors (Lipinski definition) is 8. The summed E-state index contributed by atoms with van der Waals surface area (Å²) in [6, 6.07) is 10.00. The van der Waals surface area contributed by atoms with Crippen LogP contribution in [0.4, 0.5) is 10.9 Å². The van der Waals surface area contributed by atoms with E-state index in [0.717, 1.165) is 47.7 Å². The molecule has 8 nitrogen and oxygen atoms in total. The van der Waals surface area contributed by atoms with E-state index in [0.29, 0.717) is 24.3 Å². The maximum Gasteiger partial charge on any atom is 0.240 e. The lowest BCUT2D eigenvalue weighted by Crippen LogP contribution is -2.42. The topological polar surface area (TPSA) is 83.5 Å². The predicted molar refractivity (Wildman–Crippen MR) is 119 cm³/mol. The highest BCUT2D eigenvalue weighted by Gasteiger charge is 2.27. The fourth-order valence-electron chi connectivity index (χ4n) is 3.82. The van der Waals surface area contributed by atoms with Crippen LogP contribution in [0.2, 0.25) is 0 Å². The van der Waals surface area contributed by atoms with Crippen molar-refractivity contribution in [1.82, 2.24) is 20.1 Å². The molecule has 4 rings (SSSR count). The Hall–Kier alpha value is -2.78. The normalized spacial score (nSPS) is 16.4. The summed E-state index contributed by atoms with van der Waals surface area (Å²) in [7, 11) is 1.97. The monoisotopic (exact) mass is 426 g/mol. The lowest BCUT2D eigenvalue weighted by Gasteiger charge is -2.28. The Morgan fingerprint density at radius 3 is 3.10 bits per heavy atom. The summed E-state index contributed by atoms with van der Waals surface area (Å²) in [6.45, 7) is 4.65. The van der Waals surface area contributed by atoms with Gasteiger partial charge in [0.1, 0.15) is 5.75 Å². The van der Waals surface area contributed by atoms with Crippen LogP contribution >= 0.6 is 11.3 Å². The van der Waals surface area contributed by atoms with E-state index in [2.05, 4.69) is 30.3 Å². The molecule has 9 heteroatoms. The summed E-state index contributed by atoms with van der Waals surface area (Å²) in [4.78, 5) is 21.4. The van der Waals surface area contributed by atoms with Crippen molar-refractivity contribution in [2.24, 2.45) is 0 Å². The Balaban J connectivity index is 1.33. The van der Waals surface area contributed by atoms with E-state index in [9.17, 15) is 4.79 Å². The third-order valence-corrected chi connectivity index (χ3v) is 6.02. The number of aromatic nitrogens is 3. The highest BCUT2D eigenvalue weighted by molar-refractivity contribution is 7.22. The fraction of sp³-hybridized carbons (Fsp3) is 0.429. The molecule has 1 saturated heterocycles. The van der Waals surface area contributed by atoms with Gasteiger partial charge in [-0.1, -0.05) is 11.3 Å². The number of hydrogen-bond donors (Lipinski definition) is 1. The number of anilines is 2. The quantitative estimate of drug-likeness (QED) is 0.593. The van der Waals surface area contributed by atoms with Crippen LogP contribution in [0.15, 0.2) is 36.5 Å². The van der Waals surface area contributed by atoms with Crippen LogP contribution in [0.25, 0.3) is 10.2 Å². The van der Waals surface area contributed by atoms with Crippen LogP contribution < -0.4 is 15.0 Å². The zero-order valence-corrected chi connectivity index (χ0v) is 18.1. The van der Waals surface area contributed by atoms with Gasteiger partial charge in [0.15, 0.2) is 10.9 Å². The summed E-state index contributed by atoms with van der Waals surface area (Å²) in [5.41, 5.74) is 0.859. The fourth-order valence-corrected chi connectivity index (χ4v) is 4.73. The second-order valence-electron chi connectivity index (χ2n) is 7.40. The molecule has 0 aliphatic carbocycles. The molecule has 3 heterocycles. The molecule has 1 amide bonds. The first kappa shape index (κ1) is 20.5. The summed E-state index contributed by atoms with van der Waals surface area (Å²) < 4.78 is 6.53. The Kier molecular flexibility index (Phi) is 6.39. The number of nitrogens with zero attached hydrogens (tertiary/aromatic N) is 5. The molecule has 1 fully saturated rings. The van der Waals surface area contributed by atoms with E-state index in [-0.39, 0.29) is 5.91 Å². The number of likely N-dealkylation sites (N-methyl/N-ethyl adjacent to an activating group) is 1. The van der Waals surface area contributed by atoms with Gasteiger partial charge in [-0.3, -0.25) is 9.69 Å². The molecule has 158 valence electrons. The van der Waals surface area contributed by atoms with Gasteiger partial charge in [0.2, 0.25) is 5.91 Å². The minimum Gasteiger partial charge on any atom is -0.494 e. The smallest absolute Gasteiger partial charge is 0.240 e. The molecule has 1 aliphatic rings. The maximum atomic E-state index is 12.5. The molecule has 0 spiro atoms. The Labute approximate surface area is 179 Å². The van der Waals surface area contributed by atoms with Crippen molar-refractivity contribution in [2.75, 3.05) is 43.5 Å². The average molecular weight is 427 g/mol. The van der Waals surface area contributed by atoms with Gasteiger partial charge in [-0.15, -0.1) is 5.10 Å². The number of fused-ring (bicyclic) bond motifs is 1. The van der Waals surface area contributed by atoms with E-state index in [1.165, 1.54) is 11.3 Å². The molecule has 1 N–H and O–H groups in total. The van der Waals surface area contributed by atoms with Crippen LogP contribution in [0.5, 0.6) is 5.75 Å². The molecule has 1 aromatic carbocycles. The van der Waals surface area contributed by atoms with Crippen molar-refractivity contribution >= 4 is 38.4 Å². The van der Waals surface area contributed by atoms with E-state index in [1.807, 2.05) is 44.3 Å². The van der Waals surface area contributed by atoms with Gasteiger partial charge in [0.25, 0.3) is 0 Å². The van der Waals surface area contributed by atoms with Crippen molar-refractivity contribution in [3.8, 4) is 5.75 Å². The van der Waals surface area contributed by atoms with Crippen molar-refractivity contribution in [3.63, 3.8) is 0 Å². The number of rotatable bonds is 8. The molecule has 1 unspecified atom stereocenters. The first-order chi connectivity index (χ1) is 14.6. The molecule has 0 bridgehead atoms. The molecule has 1 atom stereocenters. The van der Waals surface area contributed by atoms with Gasteiger partial charge in [-0.25, -0.2) is 4.98 Å². The second-order valence-corrected chi connectivity index (χ2v) is 8.43. The number of benzene rings is 1. The first-order valence-electron chi connectivity index (χ1n) is 10.2. The van der Waals surface area contributed by atoms with E-state index in [1.54, 1.807) is 6.20 Å². The first-order valence-corrected chi connectivity index (χ1v) is 11.0. The van der Waals surface area contributed by atoms with Gasteiger partial charge < -0.3 is 15.0 Å². The van der Waals surface area contributed by atoms with Gasteiger partial charge in [-0.05, 0) is 57.1 Å². The van der Waals surface area contributed by atoms with E-state index >= 15 is 0 Å². The molecule has 3 aromatic rings. The van der Waals surface area contributed by atoms with E-state index < -0.39 is 0 Å². The van der Waals surface area contributed by atoms with E-state index in [4.69, 9.17) is 4.74 Å². The van der Waals surface area contributed by atoms with Crippen LogP contribution in [0, 0.1) is 0 Å². The predicted octanol–water partition coefficient (Wildman–Crippen LogP) is 3.02. The summed E-state index contributed by atoms with van der Waals surface area (Å²) >= 11 is 1.46. The van der Waals surface area contributed by atoms with Crippen molar-refractivity contribution < 1.29 is 9.53 Å². The summed E-state index contributed by atoms with van der Waals surface area (Å²) in [6.07, 6.45) is 3.89. The minimum absolute atomic E-state index is 0.0642. The third-order valence-electron chi connectivity index (χ3n) is 5.08. The van der Waals surface area contributed by atoms with Crippen LogP contribution in [0.1, 0.15) is 19.8 Å². The SMILES string of the molecule is CCOc1ccc2nc(NC(=O)CN(C)CC3CCCN3c3cccnn3)sc2c1. The van der Waals surface area contributed by atoms with Crippen LogP contribution in [-0.4, -0.2) is 65.3 Å². The largest absolute Gasteiger partial charge is 0.494 e. The number of carbonyl (C=O) groups is 1. The van der Waals surface area contributed by atoms with Gasteiger partial charge in [0.05, 0.1) is 23.4 Å². The number of thiazole rings is 1. The average Bonchev–Trinajstić information content (AvgIpc) is 3.34.